The summed E-state index contributed by atoms with van der Waals surface area (Å²) in [6, 6.07) is 5.38. The molecule has 0 heterocycles. The minimum Gasteiger partial charge on any atom is -0.399 e. The van der Waals surface area contributed by atoms with E-state index in [0.29, 0.717) is 5.56 Å². The fraction of sp³-hybridized carbons (Fsp3) is 0.500. The van der Waals surface area contributed by atoms with Crippen LogP contribution >= 0.6 is 11.8 Å². The minimum absolute atomic E-state index is 0.0111. The molecule has 1 aromatic rings. The van der Waals surface area contributed by atoms with Gasteiger partial charge in [-0.3, -0.25) is 4.79 Å². The number of benzene rings is 1. The molecular formula is C14H22N2OS. The van der Waals surface area contributed by atoms with Gasteiger partial charge in [-0.2, -0.15) is 11.8 Å². The van der Waals surface area contributed by atoms with Gasteiger partial charge in [-0.1, -0.05) is 6.42 Å². The summed E-state index contributed by atoms with van der Waals surface area (Å²) in [5.41, 5.74) is 8.08. The second-order valence-electron chi connectivity index (χ2n) is 4.38. The van der Waals surface area contributed by atoms with Crippen LogP contribution in [0.1, 0.15) is 35.2 Å². The Morgan fingerprint density at radius 1 is 1.33 bits per heavy atom. The lowest BCUT2D eigenvalue weighted by molar-refractivity contribution is 0.0953. The lowest BCUT2D eigenvalue weighted by Crippen LogP contribution is -2.24. The highest BCUT2D eigenvalue weighted by molar-refractivity contribution is 7.98. The molecule has 3 N–H and O–H groups in total. The number of rotatable bonds is 7. The van der Waals surface area contributed by atoms with Gasteiger partial charge in [-0.15, -0.1) is 0 Å². The highest BCUT2D eigenvalue weighted by Crippen LogP contribution is 2.12. The summed E-state index contributed by atoms with van der Waals surface area (Å²) in [6.45, 7) is 2.66. The van der Waals surface area contributed by atoms with Crippen molar-refractivity contribution in [3.8, 4) is 0 Å². The van der Waals surface area contributed by atoms with Crippen molar-refractivity contribution in [3.05, 3.63) is 29.3 Å². The Morgan fingerprint density at radius 3 is 2.78 bits per heavy atom. The Kier molecular flexibility index (Phi) is 6.65. The number of nitrogens with two attached hydrogens (primary N) is 1. The van der Waals surface area contributed by atoms with Gasteiger partial charge in [0.15, 0.2) is 0 Å². The molecule has 0 atom stereocenters. The van der Waals surface area contributed by atoms with Gasteiger partial charge in [-0.25, -0.2) is 0 Å². The number of carbonyl (C=O) groups excluding carboxylic acids is 1. The van der Waals surface area contributed by atoms with Gasteiger partial charge >= 0.3 is 0 Å². The van der Waals surface area contributed by atoms with E-state index < -0.39 is 0 Å². The molecule has 0 fully saturated rings. The van der Waals surface area contributed by atoms with Gasteiger partial charge in [0.25, 0.3) is 5.91 Å². The van der Waals surface area contributed by atoms with Crippen LogP contribution in [-0.2, 0) is 0 Å². The van der Waals surface area contributed by atoms with Crippen LogP contribution in [0, 0.1) is 6.92 Å². The zero-order chi connectivity index (χ0) is 13.4. The Balaban J connectivity index is 2.30. The maximum Gasteiger partial charge on any atom is 0.251 e. The average molecular weight is 266 g/mol. The zero-order valence-electron chi connectivity index (χ0n) is 11.2. The second-order valence-corrected chi connectivity index (χ2v) is 5.37. The third-order valence-electron chi connectivity index (χ3n) is 2.84. The first-order valence-electron chi connectivity index (χ1n) is 6.28. The average Bonchev–Trinajstić information content (AvgIpc) is 2.36. The van der Waals surface area contributed by atoms with Crippen LogP contribution < -0.4 is 11.1 Å². The first kappa shape index (κ1) is 14.9. The van der Waals surface area contributed by atoms with Crippen LogP contribution in [0.15, 0.2) is 18.2 Å². The van der Waals surface area contributed by atoms with E-state index in [4.69, 9.17) is 5.73 Å². The molecule has 0 saturated heterocycles. The van der Waals surface area contributed by atoms with Crippen LogP contribution in [0.2, 0.25) is 0 Å². The predicted molar refractivity (Wildman–Crippen MR) is 80.2 cm³/mol. The van der Waals surface area contributed by atoms with Crippen molar-refractivity contribution in [1.29, 1.82) is 0 Å². The fourth-order valence-electron chi connectivity index (χ4n) is 1.67. The quantitative estimate of drug-likeness (QED) is 0.589. The van der Waals surface area contributed by atoms with Crippen LogP contribution in [0.5, 0.6) is 0 Å². The van der Waals surface area contributed by atoms with E-state index >= 15 is 0 Å². The summed E-state index contributed by atoms with van der Waals surface area (Å²) in [6.07, 6.45) is 5.55. The zero-order valence-corrected chi connectivity index (χ0v) is 12.0. The normalized spacial score (nSPS) is 10.3. The van der Waals surface area contributed by atoms with Crippen molar-refractivity contribution in [3.63, 3.8) is 0 Å². The Labute approximate surface area is 114 Å². The molecule has 0 aliphatic carbocycles. The second kappa shape index (κ2) is 8.03. The predicted octanol–water partition coefficient (Wildman–Crippen LogP) is 2.84. The first-order valence-corrected chi connectivity index (χ1v) is 7.68. The SMILES string of the molecule is CSCCCCCNC(=O)c1ccc(N)c(C)c1. The van der Waals surface area contributed by atoms with Crippen molar-refractivity contribution >= 4 is 23.4 Å². The molecule has 0 radical (unpaired) electrons. The molecule has 1 rings (SSSR count). The van der Waals surface area contributed by atoms with Crippen molar-refractivity contribution in [2.45, 2.75) is 26.2 Å². The molecule has 4 heteroatoms. The molecule has 3 nitrogen and oxygen atoms in total. The Bertz CT molecular complexity index is 393. The van der Waals surface area contributed by atoms with Crippen LogP contribution in [0.3, 0.4) is 0 Å². The lowest BCUT2D eigenvalue weighted by atomic mass is 10.1. The highest BCUT2D eigenvalue weighted by atomic mass is 32.2. The molecule has 1 aromatic carbocycles. The molecule has 18 heavy (non-hydrogen) atoms. The molecule has 0 saturated carbocycles. The molecule has 0 bridgehead atoms. The molecule has 0 aliphatic heterocycles. The number of hydrogen-bond donors (Lipinski definition) is 2. The number of anilines is 1. The number of amides is 1. The Hall–Kier alpha value is -1.16. The summed E-state index contributed by atoms with van der Waals surface area (Å²) >= 11 is 1.87. The van der Waals surface area contributed by atoms with E-state index in [1.54, 1.807) is 12.1 Å². The van der Waals surface area contributed by atoms with Crippen LogP contribution in [0.25, 0.3) is 0 Å². The Morgan fingerprint density at radius 2 is 2.11 bits per heavy atom. The maximum absolute atomic E-state index is 11.8. The minimum atomic E-state index is -0.0111. The van der Waals surface area contributed by atoms with Gasteiger partial charge < -0.3 is 11.1 Å². The maximum atomic E-state index is 11.8. The smallest absolute Gasteiger partial charge is 0.251 e. The molecule has 0 unspecified atom stereocenters. The van der Waals surface area contributed by atoms with Crippen molar-refractivity contribution in [1.82, 2.24) is 5.32 Å². The van der Waals surface area contributed by atoms with E-state index in [9.17, 15) is 4.79 Å². The number of aryl methyl sites for hydroxylation is 1. The lowest BCUT2D eigenvalue weighted by Gasteiger charge is -2.07. The number of hydrogen-bond acceptors (Lipinski definition) is 3. The molecule has 0 spiro atoms. The molecule has 0 aliphatic rings. The molecule has 1 amide bonds. The van der Waals surface area contributed by atoms with Crippen molar-refractivity contribution in [2.75, 3.05) is 24.3 Å². The van der Waals surface area contributed by atoms with Gasteiger partial charge in [0.2, 0.25) is 0 Å². The summed E-state index contributed by atoms with van der Waals surface area (Å²) in [4.78, 5) is 11.8. The number of unbranched alkanes of at least 4 members (excludes halogenated alkanes) is 2. The summed E-state index contributed by atoms with van der Waals surface area (Å²) < 4.78 is 0. The third kappa shape index (κ3) is 5.00. The monoisotopic (exact) mass is 266 g/mol. The fourth-order valence-corrected chi connectivity index (χ4v) is 2.16. The van der Waals surface area contributed by atoms with Crippen molar-refractivity contribution in [2.24, 2.45) is 0 Å². The van der Waals surface area contributed by atoms with Gasteiger partial charge in [0, 0.05) is 17.8 Å². The standard InChI is InChI=1S/C14H22N2OS/c1-11-10-12(6-7-13(11)15)14(17)16-8-4-3-5-9-18-2/h6-7,10H,3-5,8-9,15H2,1-2H3,(H,16,17). The molecule has 100 valence electrons. The summed E-state index contributed by atoms with van der Waals surface area (Å²) in [7, 11) is 0. The van der Waals surface area contributed by atoms with Crippen LogP contribution in [0.4, 0.5) is 5.69 Å². The van der Waals surface area contributed by atoms with Gasteiger partial charge in [-0.05, 0) is 55.5 Å². The van der Waals surface area contributed by atoms with Gasteiger partial charge in [0.05, 0.1) is 0 Å². The first-order chi connectivity index (χ1) is 8.65. The summed E-state index contributed by atoms with van der Waals surface area (Å²) in [5, 5.41) is 2.94. The number of nitrogens with one attached hydrogen (secondary N) is 1. The van der Waals surface area contributed by atoms with E-state index in [1.807, 2.05) is 24.8 Å². The van der Waals surface area contributed by atoms with E-state index in [-0.39, 0.29) is 5.91 Å². The van der Waals surface area contributed by atoms with Crippen molar-refractivity contribution < 1.29 is 4.79 Å². The molecule has 0 aromatic heterocycles. The van der Waals surface area contributed by atoms with E-state index in [0.717, 1.165) is 24.2 Å². The van der Waals surface area contributed by atoms with E-state index in [2.05, 4.69) is 11.6 Å². The number of thioether (sulfide) groups is 1. The highest BCUT2D eigenvalue weighted by Gasteiger charge is 2.05. The van der Waals surface area contributed by atoms with Crippen LogP contribution in [-0.4, -0.2) is 24.5 Å². The topological polar surface area (TPSA) is 55.1 Å². The van der Waals surface area contributed by atoms with Gasteiger partial charge in [0.1, 0.15) is 0 Å². The van der Waals surface area contributed by atoms with E-state index in [1.165, 1.54) is 18.6 Å². The number of carbonyl (C=O) groups is 1. The molecular weight excluding hydrogens is 244 g/mol. The largest absolute Gasteiger partial charge is 0.399 e. The summed E-state index contributed by atoms with van der Waals surface area (Å²) in [5.74, 6) is 1.19. The third-order valence-corrected chi connectivity index (χ3v) is 3.54. The number of nitrogen functional groups attached to an aromatic ring is 1.